The fourth-order valence-electron chi connectivity index (χ4n) is 0.913. The van der Waals surface area contributed by atoms with E-state index in [1.165, 1.54) is 0 Å². The number of hydrogen-bond donors (Lipinski definition) is 1. The molecule has 0 aromatic heterocycles. The molecule has 0 aliphatic carbocycles. The van der Waals surface area contributed by atoms with E-state index >= 15 is 0 Å². The van der Waals surface area contributed by atoms with Crippen molar-refractivity contribution >= 4 is 5.91 Å². The second kappa shape index (κ2) is 6.02. The van der Waals surface area contributed by atoms with Crippen LogP contribution in [0.25, 0.3) is 0 Å². The summed E-state index contributed by atoms with van der Waals surface area (Å²) in [5, 5.41) is 0. The number of ether oxygens (including phenoxy) is 1. The number of carbonyl (C=O) groups is 1. The van der Waals surface area contributed by atoms with Crippen molar-refractivity contribution in [1.29, 1.82) is 0 Å². The quantitative estimate of drug-likeness (QED) is 0.779. The van der Waals surface area contributed by atoms with Crippen LogP contribution in [0.2, 0.25) is 0 Å². The second-order valence-corrected chi connectivity index (χ2v) is 2.82. The Morgan fingerprint density at radius 1 is 1.44 bits per heavy atom. The van der Waals surface area contributed by atoms with Gasteiger partial charge >= 0.3 is 0 Å². The van der Waals surface area contributed by atoms with Crippen LogP contribution in [0.1, 0.15) is 6.92 Å². The lowest BCUT2D eigenvalue weighted by Crippen LogP contribution is -2.29. The summed E-state index contributed by atoms with van der Waals surface area (Å²) in [5.74, 6) is -2.26. The zero-order chi connectivity index (χ0) is 12.0. The Morgan fingerprint density at radius 3 is 2.88 bits per heavy atom. The highest BCUT2D eigenvalue weighted by Gasteiger charge is 2.07. The van der Waals surface area contributed by atoms with Crippen molar-refractivity contribution < 1.29 is 23.1 Å². The molecule has 0 saturated carbocycles. The van der Waals surface area contributed by atoms with E-state index in [0.29, 0.717) is 6.61 Å². The van der Waals surface area contributed by atoms with Gasteiger partial charge in [0.05, 0.1) is 6.61 Å². The van der Waals surface area contributed by atoms with Gasteiger partial charge in [0.15, 0.2) is 18.2 Å². The van der Waals surface area contributed by atoms with E-state index in [1.807, 2.05) is 0 Å². The zero-order valence-corrected chi connectivity index (χ0v) is 8.63. The SMILES string of the molecule is CCONC(=O)COc1cc(F)ccc1F. The molecular formula is C10H11F2NO3. The van der Waals surface area contributed by atoms with Crippen LogP contribution in [0.5, 0.6) is 5.75 Å². The summed E-state index contributed by atoms with van der Waals surface area (Å²) in [7, 11) is 0. The molecule has 1 aromatic carbocycles. The van der Waals surface area contributed by atoms with Gasteiger partial charge in [0, 0.05) is 6.07 Å². The Balaban J connectivity index is 2.47. The van der Waals surface area contributed by atoms with Gasteiger partial charge in [0.2, 0.25) is 0 Å². The zero-order valence-electron chi connectivity index (χ0n) is 8.63. The Bertz CT molecular complexity index is 371. The molecule has 0 bridgehead atoms. The summed E-state index contributed by atoms with van der Waals surface area (Å²) < 4.78 is 30.5. The Labute approximate surface area is 91.1 Å². The molecule has 1 aromatic rings. The smallest absolute Gasteiger partial charge is 0.281 e. The van der Waals surface area contributed by atoms with Crippen LogP contribution in [0.4, 0.5) is 8.78 Å². The topological polar surface area (TPSA) is 47.6 Å². The van der Waals surface area contributed by atoms with Crippen LogP contribution >= 0.6 is 0 Å². The number of carbonyl (C=O) groups excluding carboxylic acids is 1. The summed E-state index contributed by atoms with van der Waals surface area (Å²) in [6, 6.07) is 2.75. The van der Waals surface area contributed by atoms with Crippen LogP contribution in [-0.2, 0) is 9.63 Å². The van der Waals surface area contributed by atoms with Crippen LogP contribution in [0.3, 0.4) is 0 Å². The van der Waals surface area contributed by atoms with E-state index in [0.717, 1.165) is 18.2 Å². The van der Waals surface area contributed by atoms with Gasteiger partial charge in [-0.3, -0.25) is 9.63 Å². The maximum Gasteiger partial charge on any atom is 0.281 e. The standard InChI is InChI=1S/C10H11F2NO3/c1-2-16-13-10(14)6-15-9-5-7(11)3-4-8(9)12/h3-5H,2,6H2,1H3,(H,13,14). The monoisotopic (exact) mass is 231 g/mol. The molecule has 1 rings (SSSR count). The van der Waals surface area contributed by atoms with Crippen LogP contribution in [0.15, 0.2) is 18.2 Å². The van der Waals surface area contributed by atoms with Gasteiger partial charge in [0.25, 0.3) is 5.91 Å². The highest BCUT2D eigenvalue weighted by atomic mass is 19.1. The maximum atomic E-state index is 13.0. The normalized spacial score (nSPS) is 9.94. The molecule has 0 unspecified atom stereocenters. The minimum Gasteiger partial charge on any atom is -0.481 e. The minimum atomic E-state index is -0.731. The first-order valence-corrected chi connectivity index (χ1v) is 4.62. The predicted octanol–water partition coefficient (Wildman–Crippen LogP) is 1.41. The lowest BCUT2D eigenvalue weighted by molar-refractivity contribution is -0.135. The molecule has 0 saturated heterocycles. The molecule has 0 spiro atoms. The first-order valence-electron chi connectivity index (χ1n) is 4.62. The number of halogens is 2. The van der Waals surface area contributed by atoms with Crippen molar-refractivity contribution in [3.8, 4) is 5.75 Å². The Hall–Kier alpha value is -1.69. The van der Waals surface area contributed by atoms with E-state index in [9.17, 15) is 13.6 Å². The van der Waals surface area contributed by atoms with Crippen molar-refractivity contribution in [1.82, 2.24) is 5.48 Å². The lowest BCUT2D eigenvalue weighted by Gasteiger charge is -2.07. The summed E-state index contributed by atoms with van der Waals surface area (Å²) in [6.45, 7) is 1.55. The number of hydrogen-bond acceptors (Lipinski definition) is 3. The molecule has 1 amide bonds. The van der Waals surface area contributed by atoms with Crippen molar-refractivity contribution in [2.75, 3.05) is 13.2 Å². The molecule has 4 nitrogen and oxygen atoms in total. The first kappa shape index (κ1) is 12.4. The average Bonchev–Trinajstić information content (AvgIpc) is 2.27. The maximum absolute atomic E-state index is 13.0. The number of hydroxylamine groups is 1. The first-order chi connectivity index (χ1) is 7.63. The highest BCUT2D eigenvalue weighted by Crippen LogP contribution is 2.17. The van der Waals surface area contributed by atoms with Gasteiger partial charge < -0.3 is 4.74 Å². The predicted molar refractivity (Wildman–Crippen MR) is 51.6 cm³/mol. The average molecular weight is 231 g/mol. The number of nitrogens with one attached hydrogen (secondary N) is 1. The van der Waals surface area contributed by atoms with Crippen molar-refractivity contribution in [3.63, 3.8) is 0 Å². The number of amides is 1. The van der Waals surface area contributed by atoms with Gasteiger partial charge in [-0.2, -0.15) is 0 Å². The van der Waals surface area contributed by atoms with Crippen LogP contribution in [-0.4, -0.2) is 19.1 Å². The fourth-order valence-corrected chi connectivity index (χ4v) is 0.913. The minimum absolute atomic E-state index is 0.306. The summed E-state index contributed by atoms with van der Waals surface area (Å²) in [6.07, 6.45) is 0. The van der Waals surface area contributed by atoms with Gasteiger partial charge in [-0.15, -0.1) is 0 Å². The Morgan fingerprint density at radius 2 is 2.19 bits per heavy atom. The third-order valence-electron chi connectivity index (χ3n) is 1.58. The molecular weight excluding hydrogens is 220 g/mol. The summed E-state index contributed by atoms with van der Waals surface area (Å²) in [4.78, 5) is 15.6. The van der Waals surface area contributed by atoms with E-state index in [-0.39, 0.29) is 5.75 Å². The van der Waals surface area contributed by atoms with Gasteiger partial charge in [-0.05, 0) is 19.1 Å². The van der Waals surface area contributed by atoms with Crippen LogP contribution in [0, 0.1) is 11.6 Å². The third kappa shape index (κ3) is 3.82. The second-order valence-electron chi connectivity index (χ2n) is 2.82. The molecule has 0 aliphatic heterocycles. The van der Waals surface area contributed by atoms with Crippen molar-refractivity contribution in [3.05, 3.63) is 29.8 Å². The lowest BCUT2D eigenvalue weighted by atomic mass is 10.3. The molecule has 6 heteroatoms. The fraction of sp³-hybridized carbons (Fsp3) is 0.300. The largest absolute Gasteiger partial charge is 0.481 e. The van der Waals surface area contributed by atoms with E-state index in [2.05, 4.69) is 10.3 Å². The molecule has 0 atom stereocenters. The summed E-state index contributed by atoms with van der Waals surface area (Å²) >= 11 is 0. The Kier molecular flexibility index (Phi) is 4.65. The van der Waals surface area contributed by atoms with E-state index in [4.69, 9.17) is 4.74 Å². The molecule has 1 N–H and O–H groups in total. The van der Waals surface area contributed by atoms with E-state index in [1.54, 1.807) is 6.92 Å². The molecule has 0 heterocycles. The number of benzene rings is 1. The van der Waals surface area contributed by atoms with Gasteiger partial charge in [0.1, 0.15) is 5.82 Å². The molecule has 0 aliphatic rings. The molecule has 16 heavy (non-hydrogen) atoms. The van der Waals surface area contributed by atoms with Crippen molar-refractivity contribution in [2.45, 2.75) is 6.92 Å². The van der Waals surface area contributed by atoms with Gasteiger partial charge in [-0.25, -0.2) is 14.3 Å². The summed E-state index contributed by atoms with van der Waals surface area (Å²) in [5.41, 5.74) is 2.06. The van der Waals surface area contributed by atoms with Crippen LogP contribution < -0.4 is 10.2 Å². The van der Waals surface area contributed by atoms with Gasteiger partial charge in [-0.1, -0.05) is 0 Å². The van der Waals surface area contributed by atoms with E-state index < -0.39 is 24.1 Å². The molecule has 0 radical (unpaired) electrons. The molecule has 0 fully saturated rings. The molecule has 88 valence electrons. The third-order valence-corrected chi connectivity index (χ3v) is 1.58. The number of rotatable bonds is 5. The highest BCUT2D eigenvalue weighted by molar-refractivity contribution is 5.76. The van der Waals surface area contributed by atoms with Crippen molar-refractivity contribution in [2.24, 2.45) is 0 Å².